The SMILES string of the molecule is C[C@@]1(N)[C@H](CO)C[C@H](CO)[C@@H]1c1ccccc1. The Balaban J connectivity index is 2.36. The third-order valence-corrected chi connectivity index (χ3v) is 4.22. The second-order valence-electron chi connectivity index (χ2n) is 5.31. The third-order valence-electron chi connectivity index (χ3n) is 4.22. The molecule has 1 aromatic rings. The van der Waals surface area contributed by atoms with Crippen molar-refractivity contribution in [1.82, 2.24) is 0 Å². The average Bonchev–Trinajstić information content (AvgIpc) is 2.60. The molecule has 0 bridgehead atoms. The predicted molar refractivity (Wildman–Crippen MR) is 67.5 cm³/mol. The molecule has 0 amide bonds. The summed E-state index contributed by atoms with van der Waals surface area (Å²) in [5.74, 6) is 0.320. The summed E-state index contributed by atoms with van der Waals surface area (Å²) in [5, 5.41) is 18.9. The van der Waals surface area contributed by atoms with E-state index in [-0.39, 0.29) is 31.0 Å². The van der Waals surface area contributed by atoms with Crippen molar-refractivity contribution in [1.29, 1.82) is 0 Å². The number of nitrogens with two attached hydrogens (primary N) is 1. The Morgan fingerprint density at radius 3 is 2.41 bits per heavy atom. The van der Waals surface area contributed by atoms with Crippen LogP contribution in [0.15, 0.2) is 30.3 Å². The molecule has 3 heteroatoms. The first-order valence-electron chi connectivity index (χ1n) is 6.16. The van der Waals surface area contributed by atoms with Crippen molar-refractivity contribution in [2.24, 2.45) is 17.6 Å². The summed E-state index contributed by atoms with van der Waals surface area (Å²) >= 11 is 0. The maximum absolute atomic E-state index is 9.51. The number of benzene rings is 1. The van der Waals surface area contributed by atoms with Gasteiger partial charge in [-0.3, -0.25) is 0 Å². The van der Waals surface area contributed by atoms with E-state index in [1.807, 2.05) is 25.1 Å². The van der Waals surface area contributed by atoms with Gasteiger partial charge in [-0.25, -0.2) is 0 Å². The molecule has 3 nitrogen and oxygen atoms in total. The minimum atomic E-state index is -0.455. The highest BCUT2D eigenvalue weighted by Crippen LogP contribution is 2.48. The van der Waals surface area contributed by atoms with E-state index in [0.717, 1.165) is 12.0 Å². The van der Waals surface area contributed by atoms with Gasteiger partial charge in [0.2, 0.25) is 0 Å². The highest BCUT2D eigenvalue weighted by Gasteiger charge is 2.49. The van der Waals surface area contributed by atoms with Gasteiger partial charge in [0.25, 0.3) is 0 Å². The zero-order chi connectivity index (χ0) is 12.5. The van der Waals surface area contributed by atoms with Crippen LogP contribution < -0.4 is 5.73 Å². The van der Waals surface area contributed by atoms with Gasteiger partial charge in [0, 0.05) is 30.6 Å². The van der Waals surface area contributed by atoms with Crippen molar-refractivity contribution in [3.63, 3.8) is 0 Å². The van der Waals surface area contributed by atoms with Crippen molar-refractivity contribution in [3.8, 4) is 0 Å². The quantitative estimate of drug-likeness (QED) is 0.735. The molecule has 0 aromatic heterocycles. The highest BCUT2D eigenvalue weighted by atomic mass is 16.3. The minimum absolute atomic E-state index is 0.0601. The largest absolute Gasteiger partial charge is 0.396 e. The predicted octanol–water partition coefficient (Wildman–Crippen LogP) is 1.11. The lowest BCUT2D eigenvalue weighted by Gasteiger charge is -2.33. The fourth-order valence-corrected chi connectivity index (χ4v) is 3.26. The van der Waals surface area contributed by atoms with Gasteiger partial charge >= 0.3 is 0 Å². The molecule has 0 radical (unpaired) electrons. The average molecular weight is 235 g/mol. The normalized spacial score (nSPS) is 37.3. The second kappa shape index (κ2) is 4.77. The van der Waals surface area contributed by atoms with E-state index in [0.29, 0.717) is 0 Å². The number of rotatable bonds is 3. The zero-order valence-corrected chi connectivity index (χ0v) is 10.2. The van der Waals surface area contributed by atoms with Crippen LogP contribution >= 0.6 is 0 Å². The van der Waals surface area contributed by atoms with E-state index in [4.69, 9.17) is 5.73 Å². The van der Waals surface area contributed by atoms with E-state index < -0.39 is 5.54 Å². The highest BCUT2D eigenvalue weighted by molar-refractivity contribution is 5.27. The molecule has 0 aliphatic heterocycles. The fourth-order valence-electron chi connectivity index (χ4n) is 3.26. The molecule has 1 aliphatic rings. The van der Waals surface area contributed by atoms with E-state index in [1.165, 1.54) is 0 Å². The molecule has 1 fully saturated rings. The summed E-state index contributed by atoms with van der Waals surface area (Å²) in [6, 6.07) is 10.1. The Bertz CT molecular complexity index is 364. The van der Waals surface area contributed by atoms with Crippen molar-refractivity contribution in [2.75, 3.05) is 13.2 Å². The minimum Gasteiger partial charge on any atom is -0.396 e. The van der Waals surface area contributed by atoms with Gasteiger partial charge in [-0.1, -0.05) is 30.3 Å². The summed E-state index contributed by atoms with van der Waals surface area (Å²) in [5.41, 5.74) is 7.11. The molecule has 0 unspecified atom stereocenters. The molecule has 0 spiro atoms. The molecular formula is C14H21NO2. The molecule has 2 rings (SSSR count). The lowest BCUT2D eigenvalue weighted by Crippen LogP contribution is -2.46. The Hall–Kier alpha value is -0.900. The lowest BCUT2D eigenvalue weighted by atomic mass is 9.77. The van der Waals surface area contributed by atoms with Crippen LogP contribution in [0, 0.1) is 11.8 Å². The zero-order valence-electron chi connectivity index (χ0n) is 10.2. The van der Waals surface area contributed by atoms with E-state index >= 15 is 0 Å². The first-order valence-corrected chi connectivity index (χ1v) is 6.16. The van der Waals surface area contributed by atoms with E-state index in [1.54, 1.807) is 0 Å². The van der Waals surface area contributed by atoms with Gasteiger partial charge in [-0.2, -0.15) is 0 Å². The molecule has 1 saturated carbocycles. The monoisotopic (exact) mass is 235 g/mol. The van der Waals surface area contributed by atoms with Crippen LogP contribution in [0.1, 0.15) is 24.8 Å². The first kappa shape index (κ1) is 12.6. The number of hydrogen-bond donors (Lipinski definition) is 3. The van der Waals surface area contributed by atoms with Gasteiger partial charge in [-0.05, 0) is 24.8 Å². The fraction of sp³-hybridized carbons (Fsp3) is 0.571. The number of hydrogen-bond acceptors (Lipinski definition) is 3. The van der Waals surface area contributed by atoms with Crippen LogP contribution in [0.2, 0.25) is 0 Å². The van der Waals surface area contributed by atoms with Gasteiger partial charge < -0.3 is 15.9 Å². The van der Waals surface area contributed by atoms with Crippen LogP contribution in [0.25, 0.3) is 0 Å². The molecule has 94 valence electrons. The first-order chi connectivity index (χ1) is 8.11. The van der Waals surface area contributed by atoms with Crippen LogP contribution in [-0.4, -0.2) is 29.0 Å². The number of aliphatic hydroxyl groups is 2. The summed E-state index contributed by atoms with van der Waals surface area (Å²) < 4.78 is 0. The van der Waals surface area contributed by atoms with Crippen LogP contribution in [0.5, 0.6) is 0 Å². The smallest absolute Gasteiger partial charge is 0.0477 e. The molecule has 0 heterocycles. The van der Waals surface area contributed by atoms with Gasteiger partial charge in [0.15, 0.2) is 0 Å². The van der Waals surface area contributed by atoms with E-state index in [9.17, 15) is 10.2 Å². The summed E-state index contributed by atoms with van der Waals surface area (Å²) in [4.78, 5) is 0. The Kier molecular flexibility index (Phi) is 3.52. The van der Waals surface area contributed by atoms with Gasteiger partial charge in [-0.15, -0.1) is 0 Å². The van der Waals surface area contributed by atoms with Crippen molar-refractivity contribution < 1.29 is 10.2 Å². The van der Waals surface area contributed by atoms with E-state index in [2.05, 4.69) is 12.1 Å². The Morgan fingerprint density at radius 1 is 1.24 bits per heavy atom. The molecule has 4 N–H and O–H groups in total. The maximum Gasteiger partial charge on any atom is 0.0477 e. The molecule has 1 aliphatic carbocycles. The summed E-state index contributed by atoms with van der Waals surface area (Å²) in [7, 11) is 0. The maximum atomic E-state index is 9.51. The molecule has 1 aromatic carbocycles. The van der Waals surface area contributed by atoms with Crippen molar-refractivity contribution in [2.45, 2.75) is 24.8 Å². The Labute approximate surface area is 102 Å². The molecular weight excluding hydrogens is 214 g/mol. The standard InChI is InChI=1S/C14H21NO2/c1-14(15)12(9-17)7-11(8-16)13(14)10-5-3-2-4-6-10/h2-6,11-13,16-17H,7-9,15H2,1H3/t11-,12+,13+,14-/m1/s1. The molecule has 17 heavy (non-hydrogen) atoms. The Morgan fingerprint density at radius 2 is 1.88 bits per heavy atom. The van der Waals surface area contributed by atoms with Crippen LogP contribution in [0.3, 0.4) is 0 Å². The van der Waals surface area contributed by atoms with Crippen molar-refractivity contribution in [3.05, 3.63) is 35.9 Å². The van der Waals surface area contributed by atoms with Crippen LogP contribution in [-0.2, 0) is 0 Å². The van der Waals surface area contributed by atoms with Crippen molar-refractivity contribution >= 4 is 0 Å². The number of aliphatic hydroxyl groups excluding tert-OH is 2. The van der Waals surface area contributed by atoms with Gasteiger partial charge in [0.05, 0.1) is 0 Å². The second-order valence-corrected chi connectivity index (χ2v) is 5.31. The van der Waals surface area contributed by atoms with Gasteiger partial charge in [0.1, 0.15) is 0 Å². The topological polar surface area (TPSA) is 66.5 Å². The lowest BCUT2D eigenvalue weighted by molar-refractivity contribution is 0.176. The third kappa shape index (κ3) is 2.10. The summed E-state index contributed by atoms with van der Waals surface area (Å²) in [6.07, 6.45) is 0.791. The molecule has 0 saturated heterocycles. The summed E-state index contributed by atoms with van der Waals surface area (Å²) in [6.45, 7) is 2.21. The molecule has 4 atom stereocenters. The van der Waals surface area contributed by atoms with Crippen LogP contribution in [0.4, 0.5) is 0 Å².